The van der Waals surface area contributed by atoms with Gasteiger partial charge in [-0.3, -0.25) is 9.69 Å². The van der Waals surface area contributed by atoms with Crippen molar-refractivity contribution in [2.45, 2.75) is 24.9 Å². The Bertz CT molecular complexity index is 1300. The number of benzene rings is 4. The van der Waals surface area contributed by atoms with Crippen molar-refractivity contribution < 1.29 is 9.59 Å². The molecule has 3 atom stereocenters. The van der Waals surface area contributed by atoms with E-state index in [0.29, 0.717) is 0 Å². The Hall–Kier alpha value is -3.92. The van der Waals surface area contributed by atoms with Gasteiger partial charge in [-0.15, -0.1) is 0 Å². The quantitative estimate of drug-likeness (QED) is 0.395. The summed E-state index contributed by atoms with van der Waals surface area (Å²) in [5.74, 6) is -0.793. The van der Waals surface area contributed by atoms with Crippen LogP contribution < -0.4 is 0 Å². The second-order valence-corrected chi connectivity index (χ2v) is 8.61. The Morgan fingerprint density at radius 3 is 2.12 bits per heavy atom. The number of hydrogen-bond acceptors (Lipinski definition) is 2. The van der Waals surface area contributed by atoms with Gasteiger partial charge in [0.25, 0.3) is 0 Å². The summed E-state index contributed by atoms with van der Waals surface area (Å²) >= 11 is 0. The van der Waals surface area contributed by atoms with Crippen molar-refractivity contribution in [2.24, 2.45) is 0 Å². The molecule has 1 aliphatic rings. The van der Waals surface area contributed by atoms with Crippen LogP contribution in [0.5, 0.6) is 0 Å². The Morgan fingerprint density at radius 1 is 0.788 bits per heavy atom. The summed E-state index contributed by atoms with van der Waals surface area (Å²) in [4.78, 5) is 30.9. The van der Waals surface area contributed by atoms with Gasteiger partial charge in [0.05, 0.1) is 18.0 Å². The molecule has 0 bridgehead atoms. The molecule has 0 N–H and O–H groups in total. The molecule has 33 heavy (non-hydrogen) atoms. The van der Waals surface area contributed by atoms with Gasteiger partial charge >= 0.3 is 6.03 Å². The third-order valence-electron chi connectivity index (χ3n) is 6.75. The molecule has 0 aromatic heterocycles. The molecular formula is C29H26N2O2. The molecule has 0 spiro atoms. The van der Waals surface area contributed by atoms with Crippen LogP contribution in [-0.2, 0) is 4.79 Å². The van der Waals surface area contributed by atoms with E-state index in [9.17, 15) is 9.59 Å². The number of rotatable bonds is 4. The highest BCUT2D eigenvalue weighted by Gasteiger charge is 2.47. The second-order valence-electron chi connectivity index (χ2n) is 8.61. The molecule has 164 valence electrons. The lowest BCUT2D eigenvalue weighted by Gasteiger charge is -2.29. The molecule has 0 radical (unpaired) electrons. The topological polar surface area (TPSA) is 40.6 Å². The zero-order valence-electron chi connectivity index (χ0n) is 18.8. The van der Waals surface area contributed by atoms with Gasteiger partial charge in [0.1, 0.15) is 0 Å². The van der Waals surface area contributed by atoms with Gasteiger partial charge in [0, 0.05) is 7.05 Å². The van der Waals surface area contributed by atoms with E-state index < -0.39 is 5.92 Å². The lowest BCUT2D eigenvalue weighted by atomic mass is 9.86. The SMILES string of the molecule is C[C@H]1[C@@H](c2ccccc2)N(C(=O)[C@H](c2ccccc2)c2cccc3ccccc23)C(=O)N1C. The van der Waals surface area contributed by atoms with Gasteiger partial charge in [-0.2, -0.15) is 0 Å². The van der Waals surface area contributed by atoms with Crippen LogP contribution in [0.15, 0.2) is 103 Å². The lowest BCUT2D eigenvalue weighted by molar-refractivity contribution is -0.130. The van der Waals surface area contributed by atoms with E-state index in [-0.39, 0.29) is 24.0 Å². The van der Waals surface area contributed by atoms with Crippen LogP contribution in [-0.4, -0.2) is 34.8 Å². The van der Waals surface area contributed by atoms with E-state index in [2.05, 4.69) is 12.1 Å². The van der Waals surface area contributed by atoms with Crippen LogP contribution in [0, 0.1) is 0 Å². The first-order valence-electron chi connectivity index (χ1n) is 11.3. The third-order valence-corrected chi connectivity index (χ3v) is 6.75. The summed E-state index contributed by atoms with van der Waals surface area (Å²) in [7, 11) is 1.77. The molecule has 3 amide bonds. The van der Waals surface area contributed by atoms with Crippen LogP contribution in [0.3, 0.4) is 0 Å². The van der Waals surface area contributed by atoms with Crippen LogP contribution in [0.4, 0.5) is 4.79 Å². The van der Waals surface area contributed by atoms with E-state index in [0.717, 1.165) is 27.5 Å². The number of imide groups is 1. The fraction of sp³-hybridized carbons (Fsp3) is 0.172. The van der Waals surface area contributed by atoms with E-state index >= 15 is 0 Å². The molecule has 1 saturated heterocycles. The molecule has 4 aromatic rings. The highest BCUT2D eigenvalue weighted by Crippen LogP contribution is 2.40. The van der Waals surface area contributed by atoms with Crippen LogP contribution >= 0.6 is 0 Å². The zero-order chi connectivity index (χ0) is 22.9. The molecule has 4 nitrogen and oxygen atoms in total. The standard InChI is InChI=1S/C29H26N2O2/c1-20-27(23-15-7-4-8-16-23)31(29(33)30(20)2)28(32)26(22-13-5-3-6-14-22)25-19-11-17-21-12-9-10-18-24(21)25/h3-20,26-27H,1-2H3/t20-,26+,27-/m0/s1. The molecule has 5 rings (SSSR count). The number of urea groups is 1. The Kier molecular flexibility index (Phi) is 5.43. The summed E-state index contributed by atoms with van der Waals surface area (Å²) in [6, 6.07) is 33.0. The largest absolute Gasteiger partial charge is 0.327 e. The van der Waals surface area contributed by atoms with Crippen molar-refractivity contribution in [3.05, 3.63) is 120 Å². The summed E-state index contributed by atoms with van der Waals surface area (Å²) in [6.45, 7) is 2.00. The van der Waals surface area contributed by atoms with Crippen molar-refractivity contribution in [3.63, 3.8) is 0 Å². The number of carbonyl (C=O) groups excluding carboxylic acids is 2. The summed E-state index contributed by atoms with van der Waals surface area (Å²) in [5.41, 5.74) is 2.74. The zero-order valence-corrected chi connectivity index (χ0v) is 18.8. The first-order valence-corrected chi connectivity index (χ1v) is 11.3. The van der Waals surface area contributed by atoms with Crippen molar-refractivity contribution >= 4 is 22.7 Å². The van der Waals surface area contributed by atoms with Crippen LogP contribution in [0.1, 0.15) is 35.6 Å². The molecule has 4 aromatic carbocycles. The Morgan fingerprint density at radius 2 is 1.39 bits per heavy atom. The molecular weight excluding hydrogens is 408 g/mol. The number of carbonyl (C=O) groups is 2. The number of likely N-dealkylation sites (N-methyl/N-ethyl adjacent to an activating group) is 1. The Balaban J connectivity index is 1.68. The van der Waals surface area contributed by atoms with E-state index in [1.165, 1.54) is 4.90 Å². The van der Waals surface area contributed by atoms with Crippen molar-refractivity contribution in [3.8, 4) is 0 Å². The molecule has 0 aliphatic carbocycles. The minimum atomic E-state index is -0.592. The summed E-state index contributed by atoms with van der Waals surface area (Å²) < 4.78 is 0. The maximum absolute atomic E-state index is 14.4. The van der Waals surface area contributed by atoms with Gasteiger partial charge in [0.2, 0.25) is 5.91 Å². The Labute approximate surface area is 194 Å². The fourth-order valence-corrected chi connectivity index (χ4v) is 4.94. The van der Waals surface area contributed by atoms with Gasteiger partial charge in [0.15, 0.2) is 0 Å². The molecule has 4 heteroatoms. The fourth-order valence-electron chi connectivity index (χ4n) is 4.94. The van der Waals surface area contributed by atoms with E-state index in [4.69, 9.17) is 0 Å². The monoisotopic (exact) mass is 434 g/mol. The highest BCUT2D eigenvalue weighted by atomic mass is 16.2. The maximum Gasteiger partial charge on any atom is 0.327 e. The van der Waals surface area contributed by atoms with E-state index in [1.807, 2.05) is 97.9 Å². The van der Waals surface area contributed by atoms with Gasteiger partial charge in [-0.25, -0.2) is 4.79 Å². The van der Waals surface area contributed by atoms with E-state index in [1.54, 1.807) is 11.9 Å². The minimum absolute atomic E-state index is 0.132. The van der Waals surface area contributed by atoms with Crippen LogP contribution in [0.25, 0.3) is 10.8 Å². The van der Waals surface area contributed by atoms with Gasteiger partial charge in [-0.05, 0) is 34.4 Å². The highest BCUT2D eigenvalue weighted by molar-refractivity contribution is 6.03. The average molecular weight is 435 g/mol. The van der Waals surface area contributed by atoms with Crippen molar-refractivity contribution in [1.29, 1.82) is 0 Å². The second kappa shape index (κ2) is 8.55. The molecule has 1 fully saturated rings. The number of amides is 3. The number of hydrogen-bond donors (Lipinski definition) is 0. The predicted molar refractivity (Wildman–Crippen MR) is 131 cm³/mol. The molecule has 0 saturated carbocycles. The van der Waals surface area contributed by atoms with Crippen molar-refractivity contribution in [1.82, 2.24) is 9.80 Å². The minimum Gasteiger partial charge on any atom is -0.322 e. The van der Waals surface area contributed by atoms with Gasteiger partial charge in [-0.1, -0.05) is 103 Å². The lowest BCUT2D eigenvalue weighted by Crippen LogP contribution is -2.40. The predicted octanol–water partition coefficient (Wildman–Crippen LogP) is 6.00. The van der Waals surface area contributed by atoms with Crippen LogP contribution in [0.2, 0.25) is 0 Å². The average Bonchev–Trinajstić information content (AvgIpc) is 3.09. The van der Waals surface area contributed by atoms with Gasteiger partial charge < -0.3 is 4.90 Å². The maximum atomic E-state index is 14.4. The third kappa shape index (κ3) is 3.58. The molecule has 1 aliphatic heterocycles. The first-order chi connectivity index (χ1) is 16.1. The normalized spacial score (nSPS) is 19.2. The smallest absolute Gasteiger partial charge is 0.322 e. The molecule has 1 heterocycles. The molecule has 0 unspecified atom stereocenters. The summed E-state index contributed by atoms with van der Waals surface area (Å²) in [6.07, 6.45) is 0. The summed E-state index contributed by atoms with van der Waals surface area (Å²) in [5, 5.41) is 2.09. The first kappa shape index (κ1) is 21.0. The number of fused-ring (bicyclic) bond motifs is 1. The van der Waals surface area contributed by atoms with Crippen molar-refractivity contribution in [2.75, 3.05) is 7.05 Å². The number of nitrogens with zero attached hydrogens (tertiary/aromatic N) is 2.